The molecular formula is C25H26N2O4. The van der Waals surface area contributed by atoms with Crippen LogP contribution in [0.15, 0.2) is 66.7 Å². The molecule has 2 bridgehead atoms. The van der Waals surface area contributed by atoms with Gasteiger partial charge in [0.2, 0.25) is 11.8 Å². The van der Waals surface area contributed by atoms with Gasteiger partial charge in [0.1, 0.15) is 11.4 Å². The number of fused-ring (bicyclic) bond motifs is 1. The van der Waals surface area contributed by atoms with Crippen molar-refractivity contribution in [1.29, 1.82) is 0 Å². The van der Waals surface area contributed by atoms with Gasteiger partial charge in [-0.1, -0.05) is 54.6 Å². The van der Waals surface area contributed by atoms with E-state index >= 15 is 0 Å². The van der Waals surface area contributed by atoms with Gasteiger partial charge in [-0.15, -0.1) is 0 Å². The van der Waals surface area contributed by atoms with Crippen molar-refractivity contribution in [2.45, 2.75) is 24.7 Å². The smallest absolute Gasteiger partial charge is 0.230 e. The number of rotatable bonds is 7. The quantitative estimate of drug-likeness (QED) is 0.701. The summed E-state index contributed by atoms with van der Waals surface area (Å²) in [6.45, 7) is 1.54. The number of ether oxygens (including phenoxy) is 2. The van der Waals surface area contributed by atoms with Crippen LogP contribution in [-0.4, -0.2) is 48.6 Å². The molecule has 1 spiro atoms. The second kappa shape index (κ2) is 7.85. The van der Waals surface area contributed by atoms with Gasteiger partial charge >= 0.3 is 0 Å². The first-order valence-corrected chi connectivity index (χ1v) is 10.7. The van der Waals surface area contributed by atoms with Gasteiger partial charge in [-0.3, -0.25) is 9.59 Å². The van der Waals surface area contributed by atoms with Crippen LogP contribution in [0.4, 0.5) is 0 Å². The number of hydrogen-bond donors (Lipinski definition) is 1. The topological polar surface area (TPSA) is 67.9 Å². The second-order valence-electron chi connectivity index (χ2n) is 8.46. The van der Waals surface area contributed by atoms with E-state index in [1.165, 1.54) is 5.56 Å². The lowest BCUT2D eigenvalue weighted by atomic mass is 9.77. The van der Waals surface area contributed by atoms with Crippen molar-refractivity contribution in [2.75, 3.05) is 20.2 Å². The van der Waals surface area contributed by atoms with Gasteiger partial charge < -0.3 is 19.7 Å². The fraction of sp³-hybridized carbons (Fsp3) is 0.360. The molecule has 6 heteroatoms. The third kappa shape index (κ3) is 3.51. The lowest BCUT2D eigenvalue weighted by molar-refractivity contribution is -0.137. The Morgan fingerprint density at radius 1 is 1.16 bits per heavy atom. The van der Waals surface area contributed by atoms with Crippen molar-refractivity contribution in [1.82, 2.24) is 10.2 Å². The Bertz CT molecular complexity index is 1000. The maximum atomic E-state index is 13.3. The van der Waals surface area contributed by atoms with Gasteiger partial charge in [0.25, 0.3) is 0 Å². The highest BCUT2D eigenvalue weighted by molar-refractivity contribution is 5.93. The summed E-state index contributed by atoms with van der Waals surface area (Å²) in [4.78, 5) is 28.2. The molecule has 2 saturated heterocycles. The molecule has 0 saturated carbocycles. The standard InChI is InChI=1S/C25H26N2O4/c1-30-19-9-7-18(8-10-19)15-26-23(28)21-20-11-13-25(31-20)16-27(24(29)22(21)25)14-12-17-5-3-2-4-6-17/h2-11,13,20-22H,12,14-16H2,1H3,(H,26,28)/t20-,21+,22+,25+/m1/s1. The highest BCUT2D eigenvalue weighted by Gasteiger charge is 2.66. The van der Waals surface area contributed by atoms with E-state index in [0.29, 0.717) is 19.6 Å². The molecule has 160 valence electrons. The molecule has 3 aliphatic rings. The maximum Gasteiger partial charge on any atom is 0.230 e. The first-order valence-electron chi connectivity index (χ1n) is 10.7. The number of methoxy groups -OCH3 is 1. The zero-order valence-electron chi connectivity index (χ0n) is 17.5. The SMILES string of the molecule is COc1ccc(CNC(=O)[C@@H]2[C@H]3C(=O)N(CCc4ccccc4)C[C@@]34C=C[C@H]2O4)cc1. The van der Waals surface area contributed by atoms with Crippen molar-refractivity contribution < 1.29 is 19.1 Å². The number of carbonyl (C=O) groups is 2. The maximum absolute atomic E-state index is 13.3. The number of likely N-dealkylation sites (tertiary alicyclic amines) is 1. The van der Waals surface area contributed by atoms with Crippen LogP contribution < -0.4 is 10.1 Å². The van der Waals surface area contributed by atoms with E-state index in [4.69, 9.17) is 9.47 Å². The van der Waals surface area contributed by atoms with Crippen LogP contribution in [-0.2, 0) is 27.3 Å². The van der Waals surface area contributed by atoms with Gasteiger partial charge in [0.15, 0.2) is 0 Å². The molecule has 2 aromatic rings. The van der Waals surface area contributed by atoms with Gasteiger partial charge in [-0.05, 0) is 29.7 Å². The Morgan fingerprint density at radius 3 is 2.68 bits per heavy atom. The monoisotopic (exact) mass is 418 g/mol. The third-order valence-corrected chi connectivity index (χ3v) is 6.62. The molecule has 0 radical (unpaired) electrons. The van der Waals surface area contributed by atoms with Crippen LogP contribution >= 0.6 is 0 Å². The summed E-state index contributed by atoms with van der Waals surface area (Å²) in [5.74, 6) is -0.273. The summed E-state index contributed by atoms with van der Waals surface area (Å²) >= 11 is 0. The van der Waals surface area contributed by atoms with Gasteiger partial charge in [-0.2, -0.15) is 0 Å². The molecule has 0 unspecified atom stereocenters. The Kier molecular flexibility index (Phi) is 5.02. The first-order chi connectivity index (χ1) is 15.1. The number of benzene rings is 2. The van der Waals surface area contributed by atoms with Crippen molar-refractivity contribution in [3.05, 3.63) is 77.9 Å². The lowest BCUT2D eigenvalue weighted by Crippen LogP contribution is -2.44. The van der Waals surface area contributed by atoms with E-state index in [0.717, 1.165) is 17.7 Å². The van der Waals surface area contributed by atoms with Crippen molar-refractivity contribution in [2.24, 2.45) is 11.8 Å². The predicted molar refractivity (Wildman–Crippen MR) is 115 cm³/mol. The molecule has 4 atom stereocenters. The zero-order chi connectivity index (χ0) is 21.4. The van der Waals surface area contributed by atoms with E-state index in [2.05, 4.69) is 17.4 Å². The molecular weight excluding hydrogens is 392 g/mol. The highest BCUT2D eigenvalue weighted by atomic mass is 16.5. The minimum Gasteiger partial charge on any atom is -0.497 e. The van der Waals surface area contributed by atoms with Crippen molar-refractivity contribution in [3.63, 3.8) is 0 Å². The average Bonchev–Trinajstić information content (AvgIpc) is 3.45. The summed E-state index contributed by atoms with van der Waals surface area (Å²) in [6.07, 6.45) is 4.40. The van der Waals surface area contributed by atoms with E-state index in [1.54, 1.807) is 7.11 Å². The number of nitrogens with zero attached hydrogens (tertiary/aromatic N) is 1. The van der Waals surface area contributed by atoms with E-state index in [9.17, 15) is 9.59 Å². The Morgan fingerprint density at radius 2 is 1.94 bits per heavy atom. The van der Waals surface area contributed by atoms with Crippen LogP contribution in [0.25, 0.3) is 0 Å². The summed E-state index contributed by atoms with van der Waals surface area (Å²) in [7, 11) is 1.62. The molecule has 0 aromatic heterocycles. The van der Waals surface area contributed by atoms with E-state index in [1.807, 2.05) is 59.5 Å². The number of carbonyl (C=O) groups excluding carboxylic acids is 2. The van der Waals surface area contributed by atoms with Crippen LogP contribution in [0, 0.1) is 11.8 Å². The van der Waals surface area contributed by atoms with Crippen LogP contribution in [0.2, 0.25) is 0 Å². The molecule has 6 nitrogen and oxygen atoms in total. The molecule has 5 rings (SSSR count). The summed E-state index contributed by atoms with van der Waals surface area (Å²) in [5, 5.41) is 3.00. The predicted octanol–water partition coefficient (Wildman–Crippen LogP) is 2.34. The van der Waals surface area contributed by atoms with Gasteiger partial charge in [0.05, 0.1) is 31.6 Å². The summed E-state index contributed by atoms with van der Waals surface area (Å²) in [6, 6.07) is 17.7. The van der Waals surface area contributed by atoms with Crippen LogP contribution in [0.3, 0.4) is 0 Å². The van der Waals surface area contributed by atoms with Gasteiger partial charge in [-0.25, -0.2) is 0 Å². The normalized spacial score (nSPS) is 28.1. The molecule has 3 heterocycles. The molecule has 3 aliphatic heterocycles. The van der Waals surface area contributed by atoms with Crippen LogP contribution in [0.5, 0.6) is 5.75 Å². The van der Waals surface area contributed by atoms with Crippen molar-refractivity contribution >= 4 is 11.8 Å². The van der Waals surface area contributed by atoms with Crippen molar-refractivity contribution in [3.8, 4) is 5.75 Å². The number of hydrogen-bond acceptors (Lipinski definition) is 4. The Balaban J connectivity index is 1.25. The fourth-order valence-corrected chi connectivity index (χ4v) is 5.03. The largest absolute Gasteiger partial charge is 0.497 e. The Labute approximate surface area is 181 Å². The van der Waals surface area contributed by atoms with E-state index in [-0.39, 0.29) is 17.9 Å². The lowest BCUT2D eigenvalue weighted by Gasteiger charge is -2.23. The molecule has 1 N–H and O–H groups in total. The Hall–Kier alpha value is -3.12. The fourth-order valence-electron chi connectivity index (χ4n) is 5.03. The molecule has 31 heavy (non-hydrogen) atoms. The molecule has 2 amide bonds. The minimum absolute atomic E-state index is 0.0207. The van der Waals surface area contributed by atoms with Gasteiger partial charge in [0, 0.05) is 13.1 Å². The molecule has 0 aliphatic carbocycles. The summed E-state index contributed by atoms with van der Waals surface area (Å²) < 4.78 is 11.4. The van der Waals surface area contributed by atoms with Crippen LogP contribution in [0.1, 0.15) is 11.1 Å². The first kappa shape index (κ1) is 19.8. The highest BCUT2D eigenvalue weighted by Crippen LogP contribution is 2.51. The number of nitrogens with one attached hydrogen (secondary N) is 1. The summed E-state index contributed by atoms with van der Waals surface area (Å²) in [5.41, 5.74) is 1.51. The number of amides is 2. The zero-order valence-corrected chi connectivity index (χ0v) is 17.5. The average molecular weight is 418 g/mol. The molecule has 2 fully saturated rings. The third-order valence-electron chi connectivity index (χ3n) is 6.62. The minimum atomic E-state index is -0.666. The second-order valence-corrected chi connectivity index (χ2v) is 8.46. The molecule has 2 aromatic carbocycles. The van der Waals surface area contributed by atoms with E-state index < -0.39 is 17.4 Å².